The van der Waals surface area contributed by atoms with Crippen molar-refractivity contribution < 1.29 is 0 Å². The van der Waals surface area contributed by atoms with Crippen LogP contribution in [0.2, 0.25) is 0 Å². The van der Waals surface area contributed by atoms with E-state index in [1.807, 2.05) is 60.7 Å². The summed E-state index contributed by atoms with van der Waals surface area (Å²) in [6.45, 7) is 0. The van der Waals surface area contributed by atoms with Crippen LogP contribution < -0.4 is 10.4 Å². The molecule has 0 atom stereocenters. The molecule has 0 spiro atoms. The lowest BCUT2D eigenvalue weighted by Crippen LogP contribution is -2.17. The topological polar surface area (TPSA) is 95.2 Å². The number of rotatable bonds is 0. The highest BCUT2D eigenvalue weighted by molar-refractivity contribution is 7.25. The molecule has 1 heterocycles. The van der Waals surface area contributed by atoms with E-state index in [4.69, 9.17) is 0 Å². The second-order valence-electron chi connectivity index (χ2n) is 6.96. The Labute approximate surface area is 180 Å². The number of nitrogens with zero attached hydrogens (tertiary/aromatic N) is 4. The van der Waals surface area contributed by atoms with E-state index in [1.165, 1.54) is 11.3 Å². The first-order valence-corrected chi connectivity index (χ1v) is 10.2. The maximum Gasteiger partial charge on any atom is 0.138 e. The quantitative estimate of drug-likeness (QED) is 0.344. The van der Waals surface area contributed by atoms with Gasteiger partial charge in [-0.25, -0.2) is 0 Å². The van der Waals surface area contributed by atoms with Crippen LogP contribution in [0.4, 0.5) is 0 Å². The van der Waals surface area contributed by atoms with E-state index in [9.17, 15) is 21.0 Å². The molecule has 4 nitrogen and oxygen atoms in total. The number of fused-ring (bicyclic) bond motifs is 6. The van der Waals surface area contributed by atoms with Crippen molar-refractivity contribution in [2.45, 2.75) is 0 Å². The predicted octanol–water partition coefficient (Wildman–Crippen LogP) is 4.76. The summed E-state index contributed by atoms with van der Waals surface area (Å²) in [5.74, 6) is 0. The third-order valence-electron chi connectivity index (χ3n) is 5.47. The maximum atomic E-state index is 9.80. The van der Waals surface area contributed by atoms with Gasteiger partial charge in [0.1, 0.15) is 35.4 Å². The molecule has 0 amide bonds. The molecule has 140 valence electrons. The number of benzene rings is 4. The van der Waals surface area contributed by atoms with E-state index in [1.54, 1.807) is 0 Å². The van der Waals surface area contributed by atoms with Gasteiger partial charge in [-0.15, -0.1) is 11.3 Å². The predicted molar refractivity (Wildman–Crippen MR) is 123 cm³/mol. The largest absolute Gasteiger partial charge is 0.192 e. The zero-order valence-corrected chi connectivity index (χ0v) is 16.8. The molecule has 0 saturated heterocycles. The highest BCUT2D eigenvalue weighted by Crippen LogP contribution is 2.33. The molecule has 0 N–H and O–H groups in total. The van der Waals surface area contributed by atoms with Crippen molar-refractivity contribution in [3.05, 3.63) is 71.1 Å². The van der Waals surface area contributed by atoms with Gasteiger partial charge in [0, 0.05) is 36.0 Å². The minimum absolute atomic E-state index is 0.0100. The minimum Gasteiger partial charge on any atom is -0.192 e. The Hall–Kier alpha value is -4.68. The molecular weight excluding hydrogens is 400 g/mol. The lowest BCUT2D eigenvalue weighted by atomic mass is 9.93. The monoisotopic (exact) mass is 410 g/mol. The third-order valence-corrected chi connectivity index (χ3v) is 6.66. The van der Waals surface area contributed by atoms with Gasteiger partial charge in [-0.05, 0) is 22.2 Å². The molecule has 4 aromatic carbocycles. The molecule has 0 saturated carbocycles. The van der Waals surface area contributed by atoms with Crippen LogP contribution in [0.1, 0.15) is 0 Å². The summed E-state index contributed by atoms with van der Waals surface area (Å²) in [7, 11) is 0. The van der Waals surface area contributed by atoms with E-state index < -0.39 is 0 Å². The minimum atomic E-state index is 0.0100. The van der Waals surface area contributed by atoms with Gasteiger partial charge in [0.15, 0.2) is 0 Å². The normalized spacial score (nSPS) is 10.5. The maximum absolute atomic E-state index is 9.80. The summed E-state index contributed by atoms with van der Waals surface area (Å²) in [5, 5.41) is 45.1. The molecule has 5 aromatic rings. The summed E-state index contributed by atoms with van der Waals surface area (Å²) < 4.78 is 1.70. The van der Waals surface area contributed by atoms with Crippen molar-refractivity contribution >= 4 is 64.2 Å². The van der Waals surface area contributed by atoms with Crippen LogP contribution in [0.25, 0.3) is 52.9 Å². The van der Waals surface area contributed by atoms with Crippen molar-refractivity contribution in [2.75, 3.05) is 0 Å². The van der Waals surface area contributed by atoms with Crippen LogP contribution in [0.3, 0.4) is 0 Å². The molecule has 5 rings (SSSR count). The van der Waals surface area contributed by atoms with Crippen molar-refractivity contribution in [1.82, 2.24) is 0 Å². The molecule has 0 radical (unpaired) electrons. The Morgan fingerprint density at radius 3 is 1.90 bits per heavy atom. The van der Waals surface area contributed by atoms with Crippen molar-refractivity contribution in [3.63, 3.8) is 0 Å². The van der Waals surface area contributed by atoms with Crippen LogP contribution >= 0.6 is 11.3 Å². The Balaban J connectivity index is 2.39. The van der Waals surface area contributed by atoms with Crippen molar-refractivity contribution in [3.8, 4) is 24.3 Å². The van der Waals surface area contributed by atoms with Gasteiger partial charge in [-0.2, -0.15) is 21.0 Å². The van der Waals surface area contributed by atoms with Crippen LogP contribution in [0.5, 0.6) is 0 Å². The molecule has 1 aromatic heterocycles. The van der Waals surface area contributed by atoms with Gasteiger partial charge >= 0.3 is 0 Å². The van der Waals surface area contributed by atoms with Gasteiger partial charge in [-0.1, -0.05) is 54.6 Å². The van der Waals surface area contributed by atoms with Gasteiger partial charge in [0.25, 0.3) is 0 Å². The van der Waals surface area contributed by atoms with Crippen molar-refractivity contribution in [2.24, 2.45) is 0 Å². The van der Waals surface area contributed by atoms with Crippen LogP contribution in [0, 0.1) is 45.3 Å². The van der Waals surface area contributed by atoms with Gasteiger partial charge in [0.05, 0.1) is 0 Å². The van der Waals surface area contributed by atoms with Crippen LogP contribution in [-0.4, -0.2) is 0 Å². The highest BCUT2D eigenvalue weighted by Gasteiger charge is 2.18. The second-order valence-corrected chi connectivity index (χ2v) is 8.01. The Bertz CT molecular complexity index is 1850. The first-order chi connectivity index (χ1) is 15.2. The lowest BCUT2D eigenvalue weighted by Gasteiger charge is -2.09. The molecule has 0 aliphatic rings. The summed E-state index contributed by atoms with van der Waals surface area (Å²) >= 11 is 1.47. The number of thiophene rings is 1. The van der Waals surface area contributed by atoms with Crippen molar-refractivity contribution in [1.29, 1.82) is 21.0 Å². The SMILES string of the molecule is N#CC(C#N)=c1c2sc3ccccc3c2c(=C(C#N)C#N)c2ccc3ccccc3c12. The van der Waals surface area contributed by atoms with E-state index in [0.717, 1.165) is 30.9 Å². The molecule has 31 heavy (non-hydrogen) atoms. The fourth-order valence-electron chi connectivity index (χ4n) is 4.24. The van der Waals surface area contributed by atoms with E-state index in [0.29, 0.717) is 21.2 Å². The van der Waals surface area contributed by atoms with Gasteiger partial charge < -0.3 is 0 Å². The van der Waals surface area contributed by atoms with Crippen LogP contribution in [0.15, 0.2) is 60.7 Å². The second kappa shape index (κ2) is 6.98. The summed E-state index contributed by atoms with van der Waals surface area (Å²) in [6.07, 6.45) is 0. The van der Waals surface area contributed by atoms with Crippen LogP contribution in [-0.2, 0) is 0 Å². The fourth-order valence-corrected chi connectivity index (χ4v) is 5.51. The first kappa shape index (κ1) is 18.4. The number of hydrogen-bond acceptors (Lipinski definition) is 5. The first-order valence-electron chi connectivity index (χ1n) is 9.37. The fraction of sp³-hybridized carbons (Fsp3) is 0. The van der Waals surface area contributed by atoms with Gasteiger partial charge in [0.2, 0.25) is 0 Å². The standard InChI is InChI=1S/C26H10N4S/c27-11-16(12-28)22-20-10-9-15-5-1-2-6-18(15)24(20)23(17(13-29)14-30)26-25(22)19-7-3-4-8-21(19)31-26/h1-10H. The molecule has 0 unspecified atom stereocenters. The zero-order valence-electron chi connectivity index (χ0n) is 16.0. The third kappa shape index (κ3) is 2.49. The molecule has 0 bridgehead atoms. The molecule has 5 heteroatoms. The van der Waals surface area contributed by atoms with E-state index in [2.05, 4.69) is 24.3 Å². The Morgan fingerprint density at radius 1 is 0.581 bits per heavy atom. The summed E-state index contributed by atoms with van der Waals surface area (Å²) in [4.78, 5) is 0. The Kier molecular flexibility index (Phi) is 4.13. The summed E-state index contributed by atoms with van der Waals surface area (Å²) in [5.41, 5.74) is 0.0239. The van der Waals surface area contributed by atoms with E-state index in [-0.39, 0.29) is 11.1 Å². The number of nitriles is 4. The molecule has 0 aliphatic carbocycles. The lowest BCUT2D eigenvalue weighted by molar-refractivity contribution is 1.50. The average molecular weight is 410 g/mol. The van der Waals surface area contributed by atoms with Gasteiger partial charge in [-0.3, -0.25) is 0 Å². The highest BCUT2D eigenvalue weighted by atomic mass is 32.1. The van der Waals surface area contributed by atoms with E-state index >= 15 is 0 Å². The number of hydrogen-bond donors (Lipinski definition) is 0. The average Bonchev–Trinajstić information content (AvgIpc) is 3.20. The molecule has 0 aliphatic heterocycles. The Morgan fingerprint density at radius 2 is 1.19 bits per heavy atom. The smallest absolute Gasteiger partial charge is 0.138 e. The summed E-state index contributed by atoms with van der Waals surface area (Å²) in [6, 6.07) is 27.5. The molecular formula is C26H10N4S. The molecule has 0 fully saturated rings. The zero-order chi connectivity index (χ0) is 21.5.